The van der Waals surface area contributed by atoms with E-state index in [1.165, 1.54) is 12.8 Å². The summed E-state index contributed by atoms with van der Waals surface area (Å²) in [5.74, 6) is 0.493. The number of nitrogens with zero attached hydrogens (tertiary/aromatic N) is 1. The molecule has 2 N–H and O–H groups in total. The third-order valence-electron chi connectivity index (χ3n) is 3.02. The summed E-state index contributed by atoms with van der Waals surface area (Å²) in [7, 11) is 0. The monoisotopic (exact) mass is 198 g/mol. The SMILES string of the molecule is O=C(CNC1CC1)N1CCC(CO)C1. The van der Waals surface area contributed by atoms with Gasteiger partial charge in [-0.25, -0.2) is 0 Å². The van der Waals surface area contributed by atoms with Gasteiger partial charge in [-0.15, -0.1) is 0 Å². The molecule has 0 spiro atoms. The van der Waals surface area contributed by atoms with E-state index >= 15 is 0 Å². The summed E-state index contributed by atoms with van der Waals surface area (Å²) in [6, 6.07) is 0.593. The zero-order valence-electron chi connectivity index (χ0n) is 8.41. The number of carbonyl (C=O) groups excluding carboxylic acids is 1. The molecule has 4 heteroatoms. The highest BCUT2D eigenvalue weighted by Crippen LogP contribution is 2.19. The molecular weight excluding hydrogens is 180 g/mol. The van der Waals surface area contributed by atoms with Crippen molar-refractivity contribution in [2.45, 2.75) is 25.3 Å². The van der Waals surface area contributed by atoms with Crippen LogP contribution in [0.3, 0.4) is 0 Å². The Hall–Kier alpha value is -0.610. The minimum absolute atomic E-state index is 0.188. The van der Waals surface area contributed by atoms with E-state index in [-0.39, 0.29) is 12.5 Å². The highest BCUT2D eigenvalue weighted by molar-refractivity contribution is 5.78. The lowest BCUT2D eigenvalue weighted by atomic mass is 10.1. The number of aliphatic hydroxyl groups excluding tert-OH is 1. The molecule has 1 saturated heterocycles. The number of amides is 1. The average molecular weight is 198 g/mol. The Morgan fingerprint density at radius 2 is 2.21 bits per heavy atom. The summed E-state index contributed by atoms with van der Waals surface area (Å²) >= 11 is 0. The third-order valence-corrected chi connectivity index (χ3v) is 3.02. The molecule has 0 aromatic rings. The van der Waals surface area contributed by atoms with Gasteiger partial charge in [0.25, 0.3) is 0 Å². The number of carbonyl (C=O) groups is 1. The van der Waals surface area contributed by atoms with E-state index in [0.29, 0.717) is 18.5 Å². The minimum atomic E-state index is 0.188. The van der Waals surface area contributed by atoms with E-state index in [4.69, 9.17) is 5.11 Å². The van der Waals surface area contributed by atoms with Crippen LogP contribution in [0.2, 0.25) is 0 Å². The maximum absolute atomic E-state index is 11.6. The van der Waals surface area contributed by atoms with E-state index in [0.717, 1.165) is 19.5 Å². The quantitative estimate of drug-likeness (QED) is 0.645. The first kappa shape index (κ1) is 9.93. The second-order valence-corrected chi connectivity index (χ2v) is 4.33. The van der Waals surface area contributed by atoms with Crippen LogP contribution in [-0.4, -0.2) is 48.2 Å². The zero-order chi connectivity index (χ0) is 9.97. The van der Waals surface area contributed by atoms with Gasteiger partial charge in [0.15, 0.2) is 0 Å². The van der Waals surface area contributed by atoms with Gasteiger partial charge >= 0.3 is 0 Å². The Morgan fingerprint density at radius 3 is 2.79 bits per heavy atom. The normalized spacial score (nSPS) is 26.9. The lowest BCUT2D eigenvalue weighted by Gasteiger charge is -2.16. The molecule has 1 amide bonds. The standard InChI is InChI=1S/C10H18N2O2/c13-7-8-3-4-12(6-8)10(14)5-11-9-1-2-9/h8-9,11,13H,1-7H2. The molecule has 2 rings (SSSR count). The van der Waals surface area contributed by atoms with E-state index in [2.05, 4.69) is 5.32 Å². The van der Waals surface area contributed by atoms with Gasteiger partial charge in [0.05, 0.1) is 6.54 Å². The predicted octanol–water partition coefficient (Wildman–Crippen LogP) is -0.421. The molecule has 0 bridgehead atoms. The molecule has 2 aliphatic rings. The van der Waals surface area contributed by atoms with Gasteiger partial charge in [0.1, 0.15) is 0 Å². The van der Waals surface area contributed by atoms with E-state index in [1.807, 2.05) is 4.90 Å². The van der Waals surface area contributed by atoms with Gasteiger partial charge in [0.2, 0.25) is 5.91 Å². The number of hydrogen-bond donors (Lipinski definition) is 2. The average Bonchev–Trinajstić information content (AvgIpc) is 2.90. The van der Waals surface area contributed by atoms with Crippen LogP contribution in [0.5, 0.6) is 0 Å². The molecule has 2 fully saturated rings. The fourth-order valence-corrected chi connectivity index (χ4v) is 1.84. The van der Waals surface area contributed by atoms with E-state index in [9.17, 15) is 4.79 Å². The van der Waals surface area contributed by atoms with Crippen LogP contribution in [0.1, 0.15) is 19.3 Å². The number of nitrogens with one attached hydrogen (secondary N) is 1. The highest BCUT2D eigenvalue weighted by Gasteiger charge is 2.27. The first-order valence-electron chi connectivity index (χ1n) is 5.41. The summed E-state index contributed by atoms with van der Waals surface area (Å²) in [5, 5.41) is 12.2. The fraction of sp³-hybridized carbons (Fsp3) is 0.900. The molecular formula is C10H18N2O2. The summed E-state index contributed by atoms with van der Waals surface area (Å²) < 4.78 is 0. The van der Waals surface area contributed by atoms with Gasteiger partial charge in [-0.2, -0.15) is 0 Å². The van der Waals surface area contributed by atoms with Crippen molar-refractivity contribution in [1.29, 1.82) is 0 Å². The Kier molecular flexibility index (Phi) is 3.03. The molecule has 4 nitrogen and oxygen atoms in total. The molecule has 1 heterocycles. The molecule has 0 aromatic heterocycles. The fourth-order valence-electron chi connectivity index (χ4n) is 1.84. The number of rotatable bonds is 4. The Morgan fingerprint density at radius 1 is 1.43 bits per heavy atom. The molecule has 0 aromatic carbocycles. The van der Waals surface area contributed by atoms with Crippen LogP contribution in [-0.2, 0) is 4.79 Å². The Labute approximate surface area is 84.3 Å². The van der Waals surface area contributed by atoms with Gasteiger partial charge in [-0.3, -0.25) is 4.79 Å². The van der Waals surface area contributed by atoms with Gasteiger partial charge in [0, 0.05) is 31.7 Å². The van der Waals surface area contributed by atoms with Crippen molar-refractivity contribution in [1.82, 2.24) is 10.2 Å². The van der Waals surface area contributed by atoms with Gasteiger partial charge in [-0.1, -0.05) is 0 Å². The summed E-state index contributed by atoms with van der Waals surface area (Å²) in [5.41, 5.74) is 0. The van der Waals surface area contributed by atoms with Crippen molar-refractivity contribution in [3.8, 4) is 0 Å². The van der Waals surface area contributed by atoms with Crippen molar-refractivity contribution >= 4 is 5.91 Å². The first-order chi connectivity index (χ1) is 6.79. The Bertz CT molecular complexity index is 216. The van der Waals surface area contributed by atoms with Gasteiger partial charge < -0.3 is 15.3 Å². The topological polar surface area (TPSA) is 52.6 Å². The van der Waals surface area contributed by atoms with Crippen LogP contribution >= 0.6 is 0 Å². The maximum Gasteiger partial charge on any atom is 0.236 e. The van der Waals surface area contributed by atoms with Crippen molar-refractivity contribution < 1.29 is 9.90 Å². The molecule has 1 aliphatic heterocycles. The summed E-state index contributed by atoms with van der Waals surface area (Å²) in [6.45, 7) is 2.24. The minimum Gasteiger partial charge on any atom is -0.396 e. The number of likely N-dealkylation sites (tertiary alicyclic amines) is 1. The third kappa shape index (κ3) is 2.45. The molecule has 1 unspecified atom stereocenters. The molecule has 1 atom stereocenters. The molecule has 1 aliphatic carbocycles. The maximum atomic E-state index is 11.6. The van der Waals surface area contributed by atoms with Crippen molar-refractivity contribution in [2.24, 2.45) is 5.92 Å². The summed E-state index contributed by atoms with van der Waals surface area (Å²) in [6.07, 6.45) is 3.38. The van der Waals surface area contributed by atoms with Crippen molar-refractivity contribution in [3.05, 3.63) is 0 Å². The lowest BCUT2D eigenvalue weighted by molar-refractivity contribution is -0.129. The Balaban J connectivity index is 1.69. The predicted molar refractivity (Wildman–Crippen MR) is 52.8 cm³/mol. The van der Waals surface area contributed by atoms with Crippen LogP contribution in [0.4, 0.5) is 0 Å². The number of hydrogen-bond acceptors (Lipinski definition) is 3. The second kappa shape index (κ2) is 4.28. The zero-order valence-corrected chi connectivity index (χ0v) is 8.41. The van der Waals surface area contributed by atoms with E-state index in [1.54, 1.807) is 0 Å². The largest absolute Gasteiger partial charge is 0.396 e. The van der Waals surface area contributed by atoms with Crippen LogP contribution in [0.25, 0.3) is 0 Å². The van der Waals surface area contributed by atoms with Crippen LogP contribution in [0, 0.1) is 5.92 Å². The number of aliphatic hydroxyl groups is 1. The lowest BCUT2D eigenvalue weighted by Crippen LogP contribution is -2.37. The smallest absolute Gasteiger partial charge is 0.236 e. The van der Waals surface area contributed by atoms with Crippen LogP contribution in [0.15, 0.2) is 0 Å². The van der Waals surface area contributed by atoms with Crippen molar-refractivity contribution in [2.75, 3.05) is 26.2 Å². The van der Waals surface area contributed by atoms with Gasteiger partial charge in [-0.05, 0) is 19.3 Å². The second-order valence-electron chi connectivity index (χ2n) is 4.33. The van der Waals surface area contributed by atoms with Crippen LogP contribution < -0.4 is 5.32 Å². The van der Waals surface area contributed by atoms with Crippen molar-refractivity contribution in [3.63, 3.8) is 0 Å². The van der Waals surface area contributed by atoms with E-state index < -0.39 is 0 Å². The highest BCUT2D eigenvalue weighted by atomic mass is 16.3. The summed E-state index contributed by atoms with van der Waals surface area (Å²) in [4.78, 5) is 13.5. The first-order valence-corrected chi connectivity index (χ1v) is 5.41. The molecule has 0 radical (unpaired) electrons. The molecule has 14 heavy (non-hydrogen) atoms. The molecule has 1 saturated carbocycles. The molecule has 80 valence electrons.